The average Bonchev–Trinajstić information content (AvgIpc) is 3.41. The lowest BCUT2D eigenvalue weighted by atomic mass is 9.96. The number of nitrogens with zero attached hydrogens (tertiary/aromatic N) is 2. The van der Waals surface area contributed by atoms with E-state index in [1.54, 1.807) is 23.3 Å². The van der Waals surface area contributed by atoms with Gasteiger partial charge in [-0.25, -0.2) is 0 Å². The molecule has 8 heteroatoms. The number of likely N-dealkylation sites (tertiary alicyclic amines) is 1. The van der Waals surface area contributed by atoms with Crippen molar-refractivity contribution in [3.05, 3.63) is 46.5 Å². The molecular formula is C17H17N3O4S. The van der Waals surface area contributed by atoms with Crippen molar-refractivity contribution in [3.63, 3.8) is 0 Å². The van der Waals surface area contributed by atoms with Crippen LogP contribution in [0.5, 0.6) is 0 Å². The van der Waals surface area contributed by atoms with Crippen molar-refractivity contribution < 1.29 is 18.8 Å². The molecule has 7 nitrogen and oxygen atoms in total. The van der Waals surface area contributed by atoms with Crippen LogP contribution in [0.1, 0.15) is 29.0 Å². The molecule has 0 aliphatic carbocycles. The Morgan fingerprint density at radius 2 is 2.32 bits per heavy atom. The Hall–Kier alpha value is -2.61. The van der Waals surface area contributed by atoms with Crippen LogP contribution in [0.4, 0.5) is 0 Å². The van der Waals surface area contributed by atoms with Gasteiger partial charge in [0.25, 0.3) is 11.8 Å². The second-order valence-electron chi connectivity index (χ2n) is 6.24. The Kier molecular flexibility index (Phi) is 4.04. The summed E-state index contributed by atoms with van der Waals surface area (Å²) in [5, 5.41) is 10.5. The van der Waals surface area contributed by atoms with E-state index in [2.05, 4.69) is 10.5 Å². The molecule has 1 fully saturated rings. The van der Waals surface area contributed by atoms with Crippen LogP contribution in [0.25, 0.3) is 0 Å². The zero-order chi connectivity index (χ0) is 17.3. The highest BCUT2D eigenvalue weighted by Gasteiger charge is 2.48. The molecule has 2 amide bonds. The summed E-state index contributed by atoms with van der Waals surface area (Å²) in [6, 6.07) is 5.38. The molecule has 4 heterocycles. The lowest BCUT2D eigenvalue weighted by molar-refractivity contribution is -0.115. The normalized spacial score (nSPS) is 22.1. The Balaban J connectivity index is 1.33. The number of carbonyl (C=O) groups is 2. The summed E-state index contributed by atoms with van der Waals surface area (Å²) >= 11 is 1.50. The van der Waals surface area contributed by atoms with Crippen LogP contribution in [-0.2, 0) is 16.2 Å². The lowest BCUT2D eigenvalue weighted by Crippen LogP contribution is -2.38. The SMILES string of the molecule is O=C(NCc1ccco1)C1=NO[C@]2(CCN(C(=O)c3ccsc3)C2)C1. The van der Waals surface area contributed by atoms with E-state index in [-0.39, 0.29) is 11.8 Å². The lowest BCUT2D eigenvalue weighted by Gasteiger charge is -2.21. The van der Waals surface area contributed by atoms with Gasteiger partial charge in [-0.1, -0.05) is 5.16 Å². The van der Waals surface area contributed by atoms with Crippen LogP contribution in [0, 0.1) is 0 Å². The first kappa shape index (κ1) is 15.9. The molecule has 25 heavy (non-hydrogen) atoms. The van der Waals surface area contributed by atoms with Gasteiger partial charge in [-0.3, -0.25) is 9.59 Å². The maximum absolute atomic E-state index is 12.4. The summed E-state index contributed by atoms with van der Waals surface area (Å²) in [5.41, 5.74) is 0.469. The first-order valence-corrected chi connectivity index (χ1v) is 8.97. The van der Waals surface area contributed by atoms with Gasteiger partial charge < -0.3 is 19.5 Å². The van der Waals surface area contributed by atoms with Crippen LogP contribution in [0.3, 0.4) is 0 Å². The third-order valence-electron chi connectivity index (χ3n) is 4.48. The zero-order valence-corrected chi connectivity index (χ0v) is 14.3. The summed E-state index contributed by atoms with van der Waals surface area (Å²) in [5.74, 6) is 0.407. The van der Waals surface area contributed by atoms with Crippen molar-refractivity contribution in [2.75, 3.05) is 13.1 Å². The first-order chi connectivity index (χ1) is 12.2. The monoisotopic (exact) mass is 359 g/mol. The van der Waals surface area contributed by atoms with Gasteiger partial charge in [0.2, 0.25) is 0 Å². The van der Waals surface area contributed by atoms with Gasteiger partial charge in [0.05, 0.1) is 24.9 Å². The van der Waals surface area contributed by atoms with Crippen LogP contribution >= 0.6 is 11.3 Å². The van der Waals surface area contributed by atoms with E-state index in [1.807, 2.05) is 16.8 Å². The van der Waals surface area contributed by atoms with Crippen LogP contribution in [0.2, 0.25) is 0 Å². The van der Waals surface area contributed by atoms with E-state index in [0.717, 1.165) is 0 Å². The van der Waals surface area contributed by atoms with Crippen LogP contribution in [-0.4, -0.2) is 41.1 Å². The topological polar surface area (TPSA) is 84.1 Å². The summed E-state index contributed by atoms with van der Waals surface area (Å²) in [6.07, 6.45) is 2.63. The molecule has 0 radical (unpaired) electrons. The van der Waals surface area contributed by atoms with Crippen molar-refractivity contribution in [3.8, 4) is 0 Å². The molecule has 0 aromatic carbocycles. The Labute approximate surface area is 148 Å². The second-order valence-corrected chi connectivity index (χ2v) is 7.02. The predicted molar refractivity (Wildman–Crippen MR) is 91.3 cm³/mol. The molecule has 2 aromatic heterocycles. The molecular weight excluding hydrogens is 342 g/mol. The number of carbonyl (C=O) groups excluding carboxylic acids is 2. The zero-order valence-electron chi connectivity index (χ0n) is 13.4. The van der Waals surface area contributed by atoms with Gasteiger partial charge in [-0.15, -0.1) is 0 Å². The van der Waals surface area contributed by atoms with E-state index in [0.29, 0.717) is 49.5 Å². The molecule has 2 aliphatic rings. The maximum Gasteiger partial charge on any atom is 0.269 e. The van der Waals surface area contributed by atoms with Gasteiger partial charge in [0.1, 0.15) is 11.5 Å². The molecule has 0 bridgehead atoms. The van der Waals surface area contributed by atoms with Crippen LogP contribution in [0.15, 0.2) is 44.8 Å². The fraction of sp³-hybridized carbons (Fsp3) is 0.353. The number of rotatable bonds is 4. The van der Waals surface area contributed by atoms with Crippen molar-refractivity contribution in [1.82, 2.24) is 10.2 Å². The molecule has 1 N–H and O–H groups in total. The maximum atomic E-state index is 12.4. The number of hydrogen-bond donors (Lipinski definition) is 1. The van der Waals surface area contributed by atoms with E-state index in [9.17, 15) is 9.59 Å². The van der Waals surface area contributed by atoms with E-state index < -0.39 is 5.60 Å². The summed E-state index contributed by atoms with van der Waals surface area (Å²) in [4.78, 5) is 32.0. The number of oxime groups is 1. The summed E-state index contributed by atoms with van der Waals surface area (Å²) in [7, 11) is 0. The van der Waals surface area contributed by atoms with Gasteiger partial charge in [-0.2, -0.15) is 11.3 Å². The summed E-state index contributed by atoms with van der Waals surface area (Å²) in [6.45, 7) is 1.35. The molecule has 2 aromatic rings. The number of nitrogens with one attached hydrogen (secondary N) is 1. The standard InChI is InChI=1S/C17H17N3O4S/c21-15(18-9-13-2-1-6-23-13)14-8-17(24-19-14)4-5-20(11-17)16(22)12-3-7-25-10-12/h1-3,6-7,10H,4-5,8-9,11H2,(H,18,21)/t17-/m1/s1. The minimum atomic E-state index is -0.580. The largest absolute Gasteiger partial charge is 0.467 e. The Morgan fingerprint density at radius 1 is 1.40 bits per heavy atom. The Morgan fingerprint density at radius 3 is 3.08 bits per heavy atom. The highest BCUT2D eigenvalue weighted by Crippen LogP contribution is 2.34. The molecule has 0 unspecified atom stereocenters. The van der Waals surface area contributed by atoms with Gasteiger partial charge in [-0.05, 0) is 23.6 Å². The van der Waals surface area contributed by atoms with E-state index >= 15 is 0 Å². The second kappa shape index (κ2) is 6.36. The van der Waals surface area contributed by atoms with Crippen molar-refractivity contribution in [2.45, 2.75) is 25.0 Å². The molecule has 1 saturated heterocycles. The molecule has 130 valence electrons. The van der Waals surface area contributed by atoms with Crippen molar-refractivity contribution in [1.29, 1.82) is 0 Å². The molecule has 0 saturated carbocycles. The van der Waals surface area contributed by atoms with Crippen molar-refractivity contribution in [2.24, 2.45) is 5.16 Å². The average molecular weight is 359 g/mol. The number of furan rings is 1. The molecule has 1 atom stereocenters. The number of thiophene rings is 1. The third kappa shape index (κ3) is 3.17. The van der Waals surface area contributed by atoms with E-state index in [1.165, 1.54) is 11.3 Å². The van der Waals surface area contributed by atoms with Gasteiger partial charge in [0, 0.05) is 24.8 Å². The molecule has 2 aliphatic heterocycles. The molecule has 4 rings (SSSR count). The highest BCUT2D eigenvalue weighted by atomic mass is 32.1. The number of hydrogen-bond acceptors (Lipinski definition) is 6. The van der Waals surface area contributed by atoms with Gasteiger partial charge >= 0.3 is 0 Å². The molecule has 1 spiro atoms. The minimum Gasteiger partial charge on any atom is -0.467 e. The smallest absolute Gasteiger partial charge is 0.269 e. The van der Waals surface area contributed by atoms with Crippen molar-refractivity contribution >= 4 is 28.9 Å². The third-order valence-corrected chi connectivity index (χ3v) is 5.16. The quantitative estimate of drug-likeness (QED) is 0.905. The first-order valence-electron chi connectivity index (χ1n) is 8.02. The van der Waals surface area contributed by atoms with Crippen LogP contribution < -0.4 is 5.32 Å². The predicted octanol–water partition coefficient (Wildman–Crippen LogP) is 2.02. The number of amides is 2. The highest BCUT2D eigenvalue weighted by molar-refractivity contribution is 7.08. The fourth-order valence-electron chi connectivity index (χ4n) is 3.13. The van der Waals surface area contributed by atoms with E-state index in [4.69, 9.17) is 9.25 Å². The minimum absolute atomic E-state index is 0.00236. The Bertz CT molecular complexity index is 800. The summed E-state index contributed by atoms with van der Waals surface area (Å²) < 4.78 is 5.19. The van der Waals surface area contributed by atoms with Gasteiger partial charge in [0.15, 0.2) is 5.60 Å². The fourth-order valence-corrected chi connectivity index (χ4v) is 3.76.